The van der Waals surface area contributed by atoms with Gasteiger partial charge in [-0.25, -0.2) is 0 Å². The Labute approximate surface area is 88.6 Å². The van der Waals surface area contributed by atoms with Gasteiger partial charge in [0, 0.05) is 6.61 Å². The van der Waals surface area contributed by atoms with E-state index in [1.807, 2.05) is 14.1 Å². The molecule has 0 fully saturated rings. The Morgan fingerprint density at radius 1 is 1.07 bits per heavy atom. The molecule has 0 aromatic rings. The Kier molecular flexibility index (Phi) is 10.9. The first kappa shape index (κ1) is 13.9. The second-order valence-electron chi connectivity index (χ2n) is 3.90. The summed E-state index contributed by atoms with van der Waals surface area (Å²) in [6.45, 7) is 6.16. The molecule has 0 saturated heterocycles. The maximum atomic E-state index is 5.57. The minimum atomic E-state index is 0.623. The highest BCUT2D eigenvalue weighted by atomic mass is 16.5. The molecule has 86 valence electrons. The van der Waals surface area contributed by atoms with Gasteiger partial charge in [-0.15, -0.1) is 0 Å². The normalized spacial score (nSPS) is 13.1. The van der Waals surface area contributed by atoms with Gasteiger partial charge in [0.05, 0.1) is 6.61 Å². The molecule has 0 amide bonds. The van der Waals surface area contributed by atoms with Crippen LogP contribution in [-0.4, -0.2) is 40.4 Å². The van der Waals surface area contributed by atoms with Gasteiger partial charge in [-0.2, -0.15) is 0 Å². The summed E-state index contributed by atoms with van der Waals surface area (Å²) >= 11 is 0. The van der Waals surface area contributed by atoms with Crippen LogP contribution >= 0.6 is 0 Å². The van der Waals surface area contributed by atoms with Crippen molar-refractivity contribution < 1.29 is 4.74 Å². The van der Waals surface area contributed by atoms with E-state index in [2.05, 4.69) is 17.6 Å². The van der Waals surface area contributed by atoms with Crippen LogP contribution in [0.5, 0.6) is 0 Å². The van der Waals surface area contributed by atoms with Gasteiger partial charge in [0.25, 0.3) is 0 Å². The molecule has 0 saturated carbocycles. The summed E-state index contributed by atoms with van der Waals surface area (Å²) in [4.78, 5) is 0. The Bertz CT molecular complexity index is 109. The van der Waals surface area contributed by atoms with Crippen LogP contribution in [-0.2, 0) is 4.74 Å². The molecule has 0 aliphatic rings. The first-order chi connectivity index (χ1) is 6.81. The fourth-order valence-corrected chi connectivity index (χ4v) is 1.37. The average molecular weight is 202 g/mol. The highest BCUT2D eigenvalue weighted by Crippen LogP contribution is 1.98. The molecule has 0 rings (SSSR count). The Hall–Kier alpha value is -0.120. The van der Waals surface area contributed by atoms with E-state index < -0.39 is 0 Å². The van der Waals surface area contributed by atoms with Gasteiger partial charge in [-0.1, -0.05) is 6.92 Å². The second-order valence-corrected chi connectivity index (χ2v) is 3.90. The zero-order valence-electron chi connectivity index (χ0n) is 9.94. The second kappa shape index (κ2) is 11.0. The van der Waals surface area contributed by atoms with Crippen LogP contribution in [0.4, 0.5) is 0 Å². The lowest BCUT2D eigenvalue weighted by Gasteiger charge is -2.10. The molecule has 0 aliphatic heterocycles. The van der Waals surface area contributed by atoms with E-state index in [4.69, 9.17) is 4.74 Å². The van der Waals surface area contributed by atoms with E-state index in [0.717, 1.165) is 26.3 Å². The molecule has 0 radical (unpaired) electrons. The SMILES string of the molecule is CNCCCCCOCC(C)CNC. The van der Waals surface area contributed by atoms with Gasteiger partial charge in [0.1, 0.15) is 0 Å². The summed E-state index contributed by atoms with van der Waals surface area (Å²) in [6.07, 6.45) is 3.71. The van der Waals surface area contributed by atoms with Crippen molar-refractivity contribution in [2.45, 2.75) is 26.2 Å². The molecule has 0 aliphatic carbocycles. The summed E-state index contributed by atoms with van der Waals surface area (Å²) in [5.74, 6) is 0.623. The summed E-state index contributed by atoms with van der Waals surface area (Å²) in [7, 11) is 3.98. The van der Waals surface area contributed by atoms with Crippen molar-refractivity contribution in [2.75, 3.05) is 40.4 Å². The summed E-state index contributed by atoms with van der Waals surface area (Å²) in [6, 6.07) is 0. The molecule has 2 N–H and O–H groups in total. The fourth-order valence-electron chi connectivity index (χ4n) is 1.37. The minimum Gasteiger partial charge on any atom is -0.381 e. The van der Waals surface area contributed by atoms with E-state index in [9.17, 15) is 0 Å². The Morgan fingerprint density at radius 3 is 2.50 bits per heavy atom. The lowest BCUT2D eigenvalue weighted by molar-refractivity contribution is 0.102. The van der Waals surface area contributed by atoms with Crippen molar-refractivity contribution in [1.29, 1.82) is 0 Å². The minimum absolute atomic E-state index is 0.623. The predicted molar refractivity (Wildman–Crippen MR) is 61.7 cm³/mol. The monoisotopic (exact) mass is 202 g/mol. The Morgan fingerprint density at radius 2 is 1.86 bits per heavy atom. The van der Waals surface area contributed by atoms with Crippen LogP contribution in [0, 0.1) is 5.92 Å². The fraction of sp³-hybridized carbons (Fsp3) is 1.00. The summed E-state index contributed by atoms with van der Waals surface area (Å²) in [5, 5.41) is 6.29. The molecule has 1 atom stereocenters. The molecule has 3 nitrogen and oxygen atoms in total. The van der Waals surface area contributed by atoms with Crippen molar-refractivity contribution in [3.8, 4) is 0 Å². The Balaban J connectivity index is 2.98. The lowest BCUT2D eigenvalue weighted by atomic mass is 10.2. The van der Waals surface area contributed by atoms with E-state index in [-0.39, 0.29) is 0 Å². The predicted octanol–water partition coefficient (Wildman–Crippen LogP) is 1.25. The van der Waals surface area contributed by atoms with Crippen molar-refractivity contribution in [3.63, 3.8) is 0 Å². The molecule has 0 spiro atoms. The first-order valence-electron chi connectivity index (χ1n) is 5.68. The number of rotatable bonds is 10. The van der Waals surface area contributed by atoms with Gasteiger partial charge < -0.3 is 15.4 Å². The number of hydrogen-bond acceptors (Lipinski definition) is 3. The van der Waals surface area contributed by atoms with Crippen LogP contribution in [0.25, 0.3) is 0 Å². The molecule has 3 heteroatoms. The van der Waals surface area contributed by atoms with Crippen molar-refractivity contribution >= 4 is 0 Å². The molecule has 0 heterocycles. The smallest absolute Gasteiger partial charge is 0.0503 e. The van der Waals surface area contributed by atoms with Crippen molar-refractivity contribution in [2.24, 2.45) is 5.92 Å². The van der Waals surface area contributed by atoms with Gasteiger partial charge >= 0.3 is 0 Å². The topological polar surface area (TPSA) is 33.3 Å². The van der Waals surface area contributed by atoms with Crippen molar-refractivity contribution in [3.05, 3.63) is 0 Å². The van der Waals surface area contributed by atoms with Gasteiger partial charge in [-0.3, -0.25) is 0 Å². The molecule has 14 heavy (non-hydrogen) atoms. The van der Waals surface area contributed by atoms with Crippen LogP contribution in [0.2, 0.25) is 0 Å². The molecule has 0 aromatic heterocycles. The van der Waals surface area contributed by atoms with Gasteiger partial charge in [-0.05, 0) is 52.4 Å². The van der Waals surface area contributed by atoms with Crippen molar-refractivity contribution in [1.82, 2.24) is 10.6 Å². The van der Waals surface area contributed by atoms with E-state index in [1.165, 1.54) is 19.3 Å². The molecule has 1 unspecified atom stereocenters. The molecular weight excluding hydrogens is 176 g/mol. The largest absolute Gasteiger partial charge is 0.381 e. The number of ether oxygens (including phenoxy) is 1. The highest BCUT2D eigenvalue weighted by molar-refractivity contribution is 4.52. The third kappa shape index (κ3) is 9.96. The molecule has 0 bridgehead atoms. The first-order valence-corrected chi connectivity index (χ1v) is 5.68. The number of nitrogens with one attached hydrogen (secondary N) is 2. The van der Waals surface area contributed by atoms with E-state index >= 15 is 0 Å². The van der Waals surface area contributed by atoms with Crippen LogP contribution < -0.4 is 10.6 Å². The molecule has 0 aromatic carbocycles. The van der Waals surface area contributed by atoms with Gasteiger partial charge in [0.15, 0.2) is 0 Å². The summed E-state index contributed by atoms with van der Waals surface area (Å²) < 4.78 is 5.57. The van der Waals surface area contributed by atoms with Crippen LogP contribution in [0.15, 0.2) is 0 Å². The number of hydrogen-bond donors (Lipinski definition) is 2. The van der Waals surface area contributed by atoms with Crippen LogP contribution in [0.3, 0.4) is 0 Å². The van der Waals surface area contributed by atoms with E-state index in [0.29, 0.717) is 5.92 Å². The van der Waals surface area contributed by atoms with E-state index in [1.54, 1.807) is 0 Å². The average Bonchev–Trinajstić information content (AvgIpc) is 2.17. The highest BCUT2D eigenvalue weighted by Gasteiger charge is 1.99. The zero-order valence-corrected chi connectivity index (χ0v) is 9.94. The summed E-state index contributed by atoms with van der Waals surface area (Å²) in [5.41, 5.74) is 0. The maximum Gasteiger partial charge on any atom is 0.0503 e. The lowest BCUT2D eigenvalue weighted by Crippen LogP contribution is -2.20. The third-order valence-electron chi connectivity index (χ3n) is 2.17. The third-order valence-corrected chi connectivity index (χ3v) is 2.17. The maximum absolute atomic E-state index is 5.57. The van der Waals surface area contributed by atoms with Gasteiger partial charge in [0.2, 0.25) is 0 Å². The molecular formula is C11H26N2O. The standard InChI is InChI=1S/C11H26N2O/c1-11(9-13-3)10-14-8-6-4-5-7-12-2/h11-13H,4-10H2,1-3H3. The number of unbranched alkanes of at least 4 members (excludes halogenated alkanes) is 2. The zero-order chi connectivity index (χ0) is 10.6. The van der Waals surface area contributed by atoms with Crippen LogP contribution in [0.1, 0.15) is 26.2 Å². The quantitative estimate of drug-likeness (QED) is 0.523.